The molecule has 3 heterocycles. The van der Waals surface area contributed by atoms with E-state index in [0.717, 1.165) is 26.8 Å². The average Bonchev–Trinajstić information content (AvgIpc) is 3.08. The molecule has 0 atom stereocenters. The highest BCUT2D eigenvalue weighted by atomic mass is 31.2. The zero-order chi connectivity index (χ0) is 30.1. The van der Waals surface area contributed by atoms with Crippen LogP contribution in [0.2, 0.25) is 0 Å². The Morgan fingerprint density at radius 1 is 0.689 bits per heavy atom. The molecule has 0 fully saturated rings. The molecule has 7 rings (SSSR count). The van der Waals surface area contributed by atoms with E-state index in [1.54, 1.807) is 10.6 Å². The number of pyridine rings is 2. The van der Waals surface area contributed by atoms with Gasteiger partial charge in [-0.05, 0) is 66.9 Å². The summed E-state index contributed by atoms with van der Waals surface area (Å²) < 4.78 is 3.61. The van der Waals surface area contributed by atoms with Gasteiger partial charge in [-0.3, -0.25) is 14.6 Å². The van der Waals surface area contributed by atoms with Crippen LogP contribution in [0.15, 0.2) is 151 Å². The molecule has 0 saturated carbocycles. The van der Waals surface area contributed by atoms with Crippen molar-refractivity contribution < 1.29 is 0 Å². The lowest BCUT2D eigenvalue weighted by atomic mass is 10.1. The van der Waals surface area contributed by atoms with Gasteiger partial charge in [-0.2, -0.15) is 0 Å². The molecular formula is C39H36N4OP+. The molecule has 0 unspecified atom stereocenters. The van der Waals surface area contributed by atoms with E-state index < -0.39 is 7.26 Å². The van der Waals surface area contributed by atoms with Gasteiger partial charge in [-0.15, -0.1) is 0 Å². The van der Waals surface area contributed by atoms with E-state index in [4.69, 9.17) is 4.98 Å². The molecule has 0 aliphatic rings. The van der Waals surface area contributed by atoms with Crippen LogP contribution < -0.4 is 32.3 Å². The van der Waals surface area contributed by atoms with Gasteiger partial charge in [0, 0.05) is 18.8 Å². The minimum absolute atomic E-state index is 0. The van der Waals surface area contributed by atoms with Crippen LogP contribution in [-0.2, 0) is 13.0 Å². The van der Waals surface area contributed by atoms with Gasteiger partial charge in [0.15, 0.2) is 10.8 Å². The normalized spacial score (nSPS) is 11.4. The summed E-state index contributed by atoms with van der Waals surface area (Å²) >= 11 is 0. The van der Waals surface area contributed by atoms with Crippen molar-refractivity contribution in [3.05, 3.63) is 173 Å². The van der Waals surface area contributed by atoms with Gasteiger partial charge in [-0.25, -0.2) is 4.98 Å². The fraction of sp³-hybridized carbons (Fsp3) is 0.103. The van der Waals surface area contributed by atoms with Crippen LogP contribution in [0.3, 0.4) is 0 Å². The van der Waals surface area contributed by atoms with E-state index in [-0.39, 0.29) is 13.0 Å². The van der Waals surface area contributed by atoms with Gasteiger partial charge in [-0.1, -0.05) is 98.4 Å². The molecule has 1 N–H and O–H groups in total. The molecule has 0 amide bonds. The number of aryl methyl sites for hydroxylation is 3. The molecule has 5 nitrogen and oxygen atoms in total. The zero-order valence-electron chi connectivity index (χ0n) is 24.5. The minimum Gasteiger partial charge on any atom is -0.307 e. The summed E-state index contributed by atoms with van der Waals surface area (Å²) in [6.07, 6.45) is 2.49. The number of rotatable bonds is 7. The SMILES string of the molecule is C.Cc1cccn2c(=O)c3cc([P+](c4ccccc4)(c4ccccc4)c4ccccc4)c(=N)n(CCc4ccccc4)c3nc12. The second-order valence-electron chi connectivity index (χ2n) is 11.0. The first-order valence-corrected chi connectivity index (χ1v) is 16.6. The van der Waals surface area contributed by atoms with Gasteiger partial charge in [0.1, 0.15) is 34.5 Å². The number of hydrogen-bond donors (Lipinski definition) is 1. The number of hydrogen-bond acceptors (Lipinski definition) is 3. The van der Waals surface area contributed by atoms with E-state index in [0.29, 0.717) is 35.1 Å². The molecular weight excluding hydrogens is 571 g/mol. The van der Waals surface area contributed by atoms with Gasteiger partial charge in [0.25, 0.3) is 5.56 Å². The summed E-state index contributed by atoms with van der Waals surface area (Å²) in [6, 6.07) is 47.6. The van der Waals surface area contributed by atoms with E-state index in [1.165, 1.54) is 5.56 Å². The lowest BCUT2D eigenvalue weighted by Crippen LogP contribution is -2.48. The Bertz CT molecular complexity index is 2120. The molecule has 45 heavy (non-hydrogen) atoms. The monoisotopic (exact) mass is 607 g/mol. The van der Waals surface area contributed by atoms with Crippen molar-refractivity contribution in [1.29, 1.82) is 5.41 Å². The Morgan fingerprint density at radius 3 is 1.73 bits per heavy atom. The lowest BCUT2D eigenvalue weighted by Gasteiger charge is -2.28. The molecule has 4 aromatic carbocycles. The third-order valence-corrected chi connectivity index (χ3v) is 12.7. The molecule has 0 aliphatic heterocycles. The molecule has 0 aliphatic carbocycles. The highest BCUT2D eigenvalue weighted by Gasteiger charge is 2.49. The maximum absolute atomic E-state index is 14.3. The highest BCUT2D eigenvalue weighted by Crippen LogP contribution is 2.53. The molecule has 6 heteroatoms. The Balaban J connectivity index is 0.00000357. The van der Waals surface area contributed by atoms with Crippen molar-refractivity contribution >= 4 is 45.2 Å². The van der Waals surface area contributed by atoms with Crippen molar-refractivity contribution in [3.63, 3.8) is 0 Å². The lowest BCUT2D eigenvalue weighted by molar-refractivity contribution is 0.673. The quantitative estimate of drug-likeness (QED) is 0.180. The number of fused-ring (bicyclic) bond motifs is 2. The van der Waals surface area contributed by atoms with Crippen LogP contribution in [0, 0.1) is 12.3 Å². The first-order chi connectivity index (χ1) is 21.6. The summed E-state index contributed by atoms with van der Waals surface area (Å²) in [5, 5.41) is 14.7. The predicted octanol–water partition coefficient (Wildman–Crippen LogP) is 5.94. The molecule has 7 aromatic rings. The van der Waals surface area contributed by atoms with Crippen molar-refractivity contribution in [2.24, 2.45) is 0 Å². The standard InChI is InChI=1S/C38H32N4OP.CH4/c1-28-15-14-25-42-36(28)40-37-33(38(42)43)27-34(35(39)41(37)26-24-29-16-6-2-7-17-29)44(30-18-8-3-9-19-30,31-20-10-4-11-21-31)32-22-12-5-13-23-32;/h2-23,25,27,39H,24,26H2,1H3;1H4/q+1;. The maximum atomic E-state index is 14.3. The fourth-order valence-electron chi connectivity index (χ4n) is 6.26. The van der Waals surface area contributed by atoms with E-state index in [1.807, 2.05) is 66.1 Å². The summed E-state index contributed by atoms with van der Waals surface area (Å²) in [7, 11) is -2.64. The Kier molecular flexibility index (Phi) is 8.30. The smallest absolute Gasteiger partial charge is 0.267 e. The van der Waals surface area contributed by atoms with Crippen LogP contribution in [0.5, 0.6) is 0 Å². The molecule has 0 saturated heterocycles. The van der Waals surface area contributed by atoms with Gasteiger partial charge in [0.2, 0.25) is 0 Å². The van der Waals surface area contributed by atoms with E-state index in [9.17, 15) is 10.2 Å². The number of nitrogens with one attached hydrogen (secondary N) is 1. The number of aromatic nitrogens is 3. The molecule has 0 radical (unpaired) electrons. The summed E-state index contributed by atoms with van der Waals surface area (Å²) in [5.41, 5.74) is 3.49. The number of nitrogens with zero attached hydrogens (tertiary/aromatic N) is 3. The van der Waals surface area contributed by atoms with Crippen LogP contribution in [0.1, 0.15) is 18.6 Å². The van der Waals surface area contributed by atoms with Crippen molar-refractivity contribution in [3.8, 4) is 0 Å². The molecule has 3 aromatic heterocycles. The van der Waals surface area contributed by atoms with Crippen LogP contribution in [-0.4, -0.2) is 14.0 Å². The molecule has 0 spiro atoms. The zero-order valence-corrected chi connectivity index (χ0v) is 25.4. The largest absolute Gasteiger partial charge is 0.307 e. The Morgan fingerprint density at radius 2 is 1.20 bits per heavy atom. The van der Waals surface area contributed by atoms with Crippen molar-refractivity contribution in [2.75, 3.05) is 0 Å². The summed E-state index contributed by atoms with van der Waals surface area (Å²) in [5.74, 6) is 0. The highest BCUT2D eigenvalue weighted by molar-refractivity contribution is 8.01. The molecule has 222 valence electrons. The Hall–Kier alpha value is -5.12. The van der Waals surface area contributed by atoms with Crippen molar-refractivity contribution in [2.45, 2.75) is 27.3 Å². The third-order valence-electron chi connectivity index (χ3n) is 8.37. The maximum Gasteiger partial charge on any atom is 0.267 e. The predicted molar refractivity (Wildman–Crippen MR) is 189 cm³/mol. The minimum atomic E-state index is -2.64. The van der Waals surface area contributed by atoms with Gasteiger partial charge in [0.05, 0.1) is 5.39 Å². The van der Waals surface area contributed by atoms with Crippen molar-refractivity contribution in [1.82, 2.24) is 14.0 Å². The first kappa shape index (κ1) is 29.9. The summed E-state index contributed by atoms with van der Waals surface area (Å²) in [4.78, 5) is 19.4. The van der Waals surface area contributed by atoms with Gasteiger partial charge >= 0.3 is 0 Å². The topological polar surface area (TPSA) is 63.1 Å². The third kappa shape index (κ3) is 5.09. The second-order valence-corrected chi connectivity index (χ2v) is 14.4. The first-order valence-electron chi connectivity index (χ1n) is 14.8. The van der Waals surface area contributed by atoms with Crippen LogP contribution in [0.4, 0.5) is 0 Å². The fourth-order valence-corrected chi connectivity index (χ4v) is 10.6. The van der Waals surface area contributed by atoms with Crippen LogP contribution in [0.25, 0.3) is 16.7 Å². The number of benzene rings is 4. The van der Waals surface area contributed by atoms with Gasteiger partial charge < -0.3 is 4.57 Å². The second kappa shape index (κ2) is 12.5. The van der Waals surface area contributed by atoms with E-state index in [2.05, 4.69) is 84.9 Å². The average molecular weight is 608 g/mol. The summed E-state index contributed by atoms with van der Waals surface area (Å²) in [6.45, 7) is 2.48. The Labute approximate surface area is 264 Å². The van der Waals surface area contributed by atoms with E-state index >= 15 is 0 Å². The molecule has 0 bridgehead atoms. The van der Waals surface area contributed by atoms with Crippen LogP contribution >= 0.6 is 7.26 Å².